The van der Waals surface area contributed by atoms with Crippen molar-refractivity contribution in [3.8, 4) is 0 Å². The molecule has 0 unspecified atom stereocenters. The number of hydrogen-bond donors (Lipinski definition) is 2. The smallest absolute Gasteiger partial charge is 0.270 e. The van der Waals surface area contributed by atoms with E-state index in [9.17, 15) is 14.0 Å². The number of aromatic amines is 1. The van der Waals surface area contributed by atoms with Gasteiger partial charge in [-0.3, -0.25) is 19.4 Å². The van der Waals surface area contributed by atoms with E-state index in [-0.39, 0.29) is 34.5 Å². The van der Waals surface area contributed by atoms with Gasteiger partial charge in [0.05, 0.1) is 5.56 Å². The number of rotatable bonds is 2. The highest BCUT2D eigenvalue weighted by Crippen LogP contribution is 2.39. The molecule has 3 rings (SSSR count). The molecule has 0 aliphatic carbocycles. The number of benzene rings is 1. The summed E-state index contributed by atoms with van der Waals surface area (Å²) in [6, 6.07) is 4.28. The normalized spacial score (nSPS) is 17.5. The molecule has 0 spiro atoms. The number of amides is 1. The van der Waals surface area contributed by atoms with Crippen LogP contribution in [-0.4, -0.2) is 15.7 Å². The minimum atomic E-state index is -0.693. The highest BCUT2D eigenvalue weighted by atomic mass is 35.5. The lowest BCUT2D eigenvalue weighted by Crippen LogP contribution is -2.27. The number of fused-ring (bicyclic) bond motifs is 1. The lowest BCUT2D eigenvalue weighted by atomic mass is 9.86. The van der Waals surface area contributed by atoms with Crippen LogP contribution in [0, 0.1) is 5.82 Å². The Morgan fingerprint density at radius 1 is 1.32 bits per heavy atom. The quantitative estimate of drug-likeness (QED) is 0.892. The number of anilines is 1. The second-order valence-electron chi connectivity index (χ2n) is 5.61. The van der Waals surface area contributed by atoms with Crippen molar-refractivity contribution in [2.45, 2.75) is 32.2 Å². The van der Waals surface area contributed by atoms with E-state index in [1.54, 1.807) is 10.7 Å². The minimum Gasteiger partial charge on any atom is -0.311 e. The van der Waals surface area contributed by atoms with E-state index in [0.717, 1.165) is 0 Å². The number of halogens is 2. The van der Waals surface area contributed by atoms with Crippen molar-refractivity contribution < 1.29 is 9.18 Å². The van der Waals surface area contributed by atoms with Gasteiger partial charge in [-0.25, -0.2) is 4.39 Å². The summed E-state index contributed by atoms with van der Waals surface area (Å²) in [5, 5.41) is 5.60. The zero-order valence-electron chi connectivity index (χ0n) is 12.1. The van der Waals surface area contributed by atoms with E-state index >= 15 is 0 Å². The van der Waals surface area contributed by atoms with Gasteiger partial charge < -0.3 is 5.32 Å². The molecule has 116 valence electrons. The lowest BCUT2D eigenvalue weighted by Gasteiger charge is -2.25. The molecule has 22 heavy (non-hydrogen) atoms. The molecule has 0 saturated heterocycles. The molecule has 2 aromatic rings. The summed E-state index contributed by atoms with van der Waals surface area (Å²) in [6.07, 6.45) is -0.0150. The molecule has 1 aliphatic rings. The first-order valence-electron chi connectivity index (χ1n) is 6.98. The zero-order chi connectivity index (χ0) is 16.0. The molecule has 1 atom stereocenters. The van der Waals surface area contributed by atoms with Crippen LogP contribution in [0.4, 0.5) is 10.2 Å². The van der Waals surface area contributed by atoms with Gasteiger partial charge >= 0.3 is 0 Å². The highest BCUT2D eigenvalue weighted by Gasteiger charge is 2.35. The number of nitrogens with zero attached hydrogens (tertiary/aromatic N) is 1. The van der Waals surface area contributed by atoms with E-state index in [1.165, 1.54) is 12.1 Å². The Bertz CT molecular complexity index is 789. The largest absolute Gasteiger partial charge is 0.311 e. The Morgan fingerprint density at radius 2 is 2.05 bits per heavy atom. The van der Waals surface area contributed by atoms with Crippen LogP contribution >= 0.6 is 11.6 Å². The van der Waals surface area contributed by atoms with Crippen molar-refractivity contribution in [2.75, 3.05) is 5.32 Å². The Balaban J connectivity index is 2.25. The maximum atomic E-state index is 14.2. The highest BCUT2D eigenvalue weighted by molar-refractivity contribution is 6.31. The Labute approximate surface area is 131 Å². The summed E-state index contributed by atoms with van der Waals surface area (Å²) in [5.74, 6) is -1.10. The van der Waals surface area contributed by atoms with Crippen LogP contribution in [0.25, 0.3) is 0 Å². The lowest BCUT2D eigenvalue weighted by molar-refractivity contribution is -0.116. The first kappa shape index (κ1) is 14.8. The molecule has 1 aromatic carbocycles. The Kier molecular flexibility index (Phi) is 3.56. The minimum absolute atomic E-state index is 0.0150. The van der Waals surface area contributed by atoms with Crippen molar-refractivity contribution >= 4 is 23.3 Å². The Hall–Kier alpha value is -2.08. The topological polar surface area (TPSA) is 66.9 Å². The van der Waals surface area contributed by atoms with E-state index in [0.29, 0.717) is 11.4 Å². The first-order chi connectivity index (χ1) is 10.4. The standard InChI is InChI=1S/C15H15ClFN3O2/c1-7(2)20-14-13(15(22)19-20)8(6-11(21)18-14)12-9(16)4-3-5-10(12)17/h3-5,7-8H,6H2,1-2H3,(H,18,21)(H,19,22)/t8-/m0/s1. The summed E-state index contributed by atoms with van der Waals surface area (Å²) < 4.78 is 15.8. The third kappa shape index (κ3) is 2.23. The number of H-pyrrole nitrogens is 1. The van der Waals surface area contributed by atoms with E-state index in [1.807, 2.05) is 13.8 Å². The Morgan fingerprint density at radius 3 is 2.68 bits per heavy atom. The van der Waals surface area contributed by atoms with Gasteiger partial charge in [-0.2, -0.15) is 0 Å². The SMILES string of the molecule is CC(C)n1[nH]c(=O)c2c1NC(=O)C[C@H]2c1c(F)cccc1Cl. The van der Waals surface area contributed by atoms with Gasteiger partial charge in [0.15, 0.2) is 0 Å². The molecule has 0 radical (unpaired) electrons. The number of nitrogens with one attached hydrogen (secondary N) is 2. The third-order valence-corrected chi connectivity index (χ3v) is 4.15. The summed E-state index contributed by atoms with van der Waals surface area (Å²) in [7, 11) is 0. The van der Waals surface area contributed by atoms with Crippen LogP contribution in [0.1, 0.15) is 43.4 Å². The van der Waals surface area contributed by atoms with E-state index < -0.39 is 11.7 Å². The fourth-order valence-electron chi connectivity index (χ4n) is 2.86. The molecule has 0 saturated carbocycles. The van der Waals surface area contributed by atoms with Crippen molar-refractivity contribution in [3.63, 3.8) is 0 Å². The summed E-state index contributed by atoms with van der Waals surface area (Å²) in [5.41, 5.74) is 0.195. The fourth-order valence-corrected chi connectivity index (χ4v) is 3.16. The van der Waals surface area contributed by atoms with Gasteiger partial charge in [0.25, 0.3) is 5.56 Å². The van der Waals surface area contributed by atoms with Crippen molar-refractivity contribution in [1.29, 1.82) is 0 Å². The van der Waals surface area contributed by atoms with Crippen LogP contribution in [-0.2, 0) is 4.79 Å². The van der Waals surface area contributed by atoms with Crippen LogP contribution in [0.15, 0.2) is 23.0 Å². The van der Waals surface area contributed by atoms with Crippen LogP contribution < -0.4 is 10.9 Å². The maximum absolute atomic E-state index is 14.2. The van der Waals surface area contributed by atoms with Crippen molar-refractivity contribution in [2.24, 2.45) is 0 Å². The predicted molar refractivity (Wildman–Crippen MR) is 81.9 cm³/mol. The van der Waals surface area contributed by atoms with Gasteiger partial charge in [0.1, 0.15) is 11.6 Å². The average Bonchev–Trinajstić information content (AvgIpc) is 2.75. The molecule has 0 fully saturated rings. The van der Waals surface area contributed by atoms with Gasteiger partial charge in [-0.05, 0) is 26.0 Å². The predicted octanol–water partition coefficient (Wildman–Crippen LogP) is 3.02. The second kappa shape index (κ2) is 5.28. The number of aromatic nitrogens is 2. The second-order valence-corrected chi connectivity index (χ2v) is 6.01. The van der Waals surface area contributed by atoms with Gasteiger partial charge in [0, 0.05) is 29.0 Å². The van der Waals surface area contributed by atoms with Gasteiger partial charge in [-0.15, -0.1) is 0 Å². The van der Waals surface area contributed by atoms with Crippen LogP contribution in [0.5, 0.6) is 0 Å². The zero-order valence-corrected chi connectivity index (χ0v) is 12.9. The van der Waals surface area contributed by atoms with E-state index in [2.05, 4.69) is 10.4 Å². The van der Waals surface area contributed by atoms with Gasteiger partial charge in [0.2, 0.25) is 5.91 Å². The summed E-state index contributed by atoms with van der Waals surface area (Å²) >= 11 is 6.11. The fraction of sp³-hybridized carbons (Fsp3) is 0.333. The third-order valence-electron chi connectivity index (χ3n) is 3.82. The van der Waals surface area contributed by atoms with Crippen LogP contribution in [0.3, 0.4) is 0 Å². The monoisotopic (exact) mass is 323 g/mol. The number of carbonyl (C=O) groups excluding carboxylic acids is 1. The molecule has 2 heterocycles. The van der Waals surface area contributed by atoms with Crippen molar-refractivity contribution in [3.05, 3.63) is 50.5 Å². The number of carbonyl (C=O) groups is 1. The van der Waals surface area contributed by atoms with E-state index in [4.69, 9.17) is 11.6 Å². The number of hydrogen-bond acceptors (Lipinski definition) is 2. The molecule has 1 aromatic heterocycles. The molecular formula is C15H15ClFN3O2. The molecule has 5 nitrogen and oxygen atoms in total. The molecule has 7 heteroatoms. The van der Waals surface area contributed by atoms with Gasteiger partial charge in [-0.1, -0.05) is 17.7 Å². The van der Waals surface area contributed by atoms with Crippen LogP contribution in [0.2, 0.25) is 5.02 Å². The maximum Gasteiger partial charge on any atom is 0.270 e. The average molecular weight is 324 g/mol. The molecule has 2 N–H and O–H groups in total. The molecular weight excluding hydrogens is 309 g/mol. The summed E-state index contributed by atoms with van der Waals surface area (Å²) in [6.45, 7) is 3.75. The van der Waals surface area contributed by atoms with Crippen molar-refractivity contribution in [1.82, 2.24) is 9.78 Å². The summed E-state index contributed by atoms with van der Waals surface area (Å²) in [4.78, 5) is 24.3. The molecule has 1 aliphatic heterocycles. The first-order valence-corrected chi connectivity index (χ1v) is 7.36. The molecule has 1 amide bonds. The molecule has 0 bridgehead atoms.